The van der Waals surface area contributed by atoms with Crippen molar-refractivity contribution in [3.05, 3.63) is 18.2 Å². The van der Waals surface area contributed by atoms with Crippen LogP contribution in [0.15, 0.2) is 12.5 Å². The van der Waals surface area contributed by atoms with Crippen molar-refractivity contribution in [2.75, 3.05) is 33.7 Å². The van der Waals surface area contributed by atoms with E-state index in [1.54, 1.807) is 0 Å². The minimum Gasteiger partial charge on any atom is -0.321 e. The van der Waals surface area contributed by atoms with E-state index >= 15 is 0 Å². The second-order valence-corrected chi connectivity index (χ2v) is 6.35. The highest BCUT2D eigenvalue weighted by molar-refractivity contribution is 4.97. The van der Waals surface area contributed by atoms with Crippen LogP contribution in [-0.2, 0) is 6.54 Å². The molecule has 0 bridgehead atoms. The van der Waals surface area contributed by atoms with Gasteiger partial charge in [0.1, 0.15) is 0 Å². The lowest BCUT2D eigenvalue weighted by Gasteiger charge is -2.38. The second kappa shape index (κ2) is 7.92. The Hall–Kier alpha value is -0.910. The van der Waals surface area contributed by atoms with Crippen LogP contribution >= 0.6 is 0 Å². The van der Waals surface area contributed by atoms with Gasteiger partial charge in [-0.1, -0.05) is 6.92 Å². The van der Waals surface area contributed by atoms with E-state index < -0.39 is 0 Å². The maximum atomic E-state index is 4.51. The first-order valence-corrected chi connectivity index (χ1v) is 8.25. The topological polar surface area (TPSA) is 36.3 Å². The van der Waals surface area contributed by atoms with Gasteiger partial charge in [0.15, 0.2) is 0 Å². The van der Waals surface area contributed by atoms with Crippen molar-refractivity contribution in [3.63, 3.8) is 0 Å². The smallest absolute Gasteiger partial charge is 0.0963 e. The second-order valence-electron chi connectivity index (χ2n) is 6.35. The predicted molar refractivity (Wildman–Crippen MR) is 87.2 cm³/mol. The van der Waals surface area contributed by atoms with Crippen molar-refractivity contribution in [3.8, 4) is 0 Å². The fourth-order valence-corrected chi connectivity index (χ4v) is 3.03. The van der Waals surface area contributed by atoms with Crippen molar-refractivity contribution in [2.45, 2.75) is 51.9 Å². The van der Waals surface area contributed by atoms with Crippen molar-refractivity contribution in [1.29, 1.82) is 0 Å². The molecule has 1 unspecified atom stereocenters. The third kappa shape index (κ3) is 4.53. The van der Waals surface area contributed by atoms with Gasteiger partial charge in [-0.2, -0.15) is 0 Å². The molecule has 1 aliphatic heterocycles. The molecule has 5 nitrogen and oxygen atoms in total. The zero-order valence-corrected chi connectivity index (χ0v) is 14.0. The summed E-state index contributed by atoms with van der Waals surface area (Å²) in [7, 11) is 4.38. The van der Waals surface area contributed by atoms with E-state index in [-0.39, 0.29) is 0 Å². The zero-order valence-electron chi connectivity index (χ0n) is 14.0. The van der Waals surface area contributed by atoms with Crippen LogP contribution in [0.4, 0.5) is 0 Å². The molecule has 1 fully saturated rings. The van der Waals surface area contributed by atoms with E-state index in [4.69, 9.17) is 0 Å². The fourth-order valence-electron chi connectivity index (χ4n) is 3.03. The molecule has 1 aliphatic rings. The monoisotopic (exact) mass is 293 g/mol. The third-order valence-electron chi connectivity index (χ3n) is 4.58. The molecule has 0 spiro atoms. The maximum absolute atomic E-state index is 4.51. The van der Waals surface area contributed by atoms with Crippen LogP contribution < -0.4 is 5.32 Å². The van der Waals surface area contributed by atoms with Gasteiger partial charge >= 0.3 is 0 Å². The number of nitrogens with one attached hydrogen (secondary N) is 1. The van der Waals surface area contributed by atoms with Crippen LogP contribution in [0.5, 0.6) is 0 Å². The molecule has 120 valence electrons. The molecule has 0 aromatic carbocycles. The molecule has 2 rings (SSSR count). The minimum absolute atomic E-state index is 0.403. The third-order valence-corrected chi connectivity index (χ3v) is 4.58. The summed E-state index contributed by atoms with van der Waals surface area (Å²) in [5.74, 6) is 0. The van der Waals surface area contributed by atoms with Crippen LogP contribution in [0.3, 0.4) is 0 Å². The maximum Gasteiger partial charge on any atom is 0.0963 e. The Morgan fingerprint density at radius 3 is 2.71 bits per heavy atom. The molecular weight excluding hydrogens is 262 g/mol. The van der Waals surface area contributed by atoms with Gasteiger partial charge in [-0.25, -0.2) is 4.98 Å². The molecule has 5 heteroatoms. The Bertz CT molecular complexity index is 407. The summed E-state index contributed by atoms with van der Waals surface area (Å²) >= 11 is 0. The Labute approximate surface area is 129 Å². The molecular formula is C16H31N5. The van der Waals surface area contributed by atoms with Crippen LogP contribution in [0, 0.1) is 0 Å². The molecule has 1 N–H and O–H groups in total. The summed E-state index contributed by atoms with van der Waals surface area (Å²) < 4.78 is 2.25. The van der Waals surface area contributed by atoms with Crippen LogP contribution in [0.2, 0.25) is 0 Å². The van der Waals surface area contributed by atoms with Gasteiger partial charge in [0, 0.05) is 31.9 Å². The number of aromatic nitrogens is 2. The molecule has 0 amide bonds. The summed E-state index contributed by atoms with van der Waals surface area (Å²) in [4.78, 5) is 9.43. The van der Waals surface area contributed by atoms with E-state index in [0.29, 0.717) is 6.17 Å². The van der Waals surface area contributed by atoms with Gasteiger partial charge in [0.05, 0.1) is 18.2 Å². The SMILES string of the molecule is CCCNCc1cn(C(C)N2CCC(N(C)C)CC2)cn1. The molecule has 1 aromatic heterocycles. The normalized spacial score (nSPS) is 19.3. The van der Waals surface area contributed by atoms with E-state index in [9.17, 15) is 0 Å². The average molecular weight is 293 g/mol. The van der Waals surface area contributed by atoms with Gasteiger partial charge in [-0.05, 0) is 46.8 Å². The lowest BCUT2D eigenvalue weighted by molar-refractivity contribution is 0.0847. The molecule has 21 heavy (non-hydrogen) atoms. The van der Waals surface area contributed by atoms with Gasteiger partial charge in [0.25, 0.3) is 0 Å². The van der Waals surface area contributed by atoms with Crippen LogP contribution in [0.25, 0.3) is 0 Å². The number of piperidine rings is 1. The molecule has 0 saturated carbocycles. The Morgan fingerprint density at radius 1 is 1.38 bits per heavy atom. The summed E-state index contributed by atoms with van der Waals surface area (Å²) in [6.07, 6.45) is 8.25. The molecule has 0 aliphatic carbocycles. The average Bonchev–Trinajstić information content (AvgIpc) is 2.96. The molecule has 0 radical (unpaired) electrons. The summed E-state index contributed by atoms with van der Waals surface area (Å²) in [5, 5.41) is 3.41. The van der Waals surface area contributed by atoms with Gasteiger partial charge < -0.3 is 14.8 Å². The number of nitrogens with zero attached hydrogens (tertiary/aromatic N) is 4. The number of hydrogen-bond acceptors (Lipinski definition) is 4. The standard InChI is InChI=1S/C16H31N5/c1-5-8-17-11-15-12-21(13-18-15)14(2)20-9-6-16(7-10-20)19(3)4/h12-14,16-17H,5-11H2,1-4H3. The van der Waals surface area contributed by atoms with E-state index in [0.717, 1.165) is 31.2 Å². The Balaban J connectivity index is 1.84. The van der Waals surface area contributed by atoms with Gasteiger partial charge in [0.2, 0.25) is 0 Å². The molecule has 2 heterocycles. The summed E-state index contributed by atoms with van der Waals surface area (Å²) in [6.45, 7) is 8.74. The molecule has 1 atom stereocenters. The quantitative estimate of drug-likeness (QED) is 0.779. The zero-order chi connectivity index (χ0) is 15.2. The van der Waals surface area contributed by atoms with Gasteiger partial charge in [-0.15, -0.1) is 0 Å². The highest BCUT2D eigenvalue weighted by atomic mass is 15.3. The molecule has 1 saturated heterocycles. The van der Waals surface area contributed by atoms with Gasteiger partial charge in [-0.3, -0.25) is 4.90 Å². The van der Waals surface area contributed by atoms with Crippen LogP contribution in [-0.4, -0.2) is 59.1 Å². The number of hydrogen-bond donors (Lipinski definition) is 1. The Kier molecular flexibility index (Phi) is 6.21. The highest BCUT2D eigenvalue weighted by Crippen LogP contribution is 2.21. The lowest BCUT2D eigenvalue weighted by Crippen LogP contribution is -2.43. The van der Waals surface area contributed by atoms with E-state index in [1.165, 1.54) is 25.9 Å². The van der Waals surface area contributed by atoms with Crippen molar-refractivity contribution in [2.24, 2.45) is 0 Å². The largest absolute Gasteiger partial charge is 0.321 e. The molecule has 1 aromatic rings. The Morgan fingerprint density at radius 2 is 2.10 bits per heavy atom. The summed E-state index contributed by atoms with van der Waals surface area (Å²) in [5.41, 5.74) is 1.14. The van der Waals surface area contributed by atoms with E-state index in [1.807, 2.05) is 6.33 Å². The lowest BCUT2D eigenvalue weighted by atomic mass is 10.0. The number of rotatable bonds is 7. The fraction of sp³-hybridized carbons (Fsp3) is 0.812. The van der Waals surface area contributed by atoms with E-state index in [2.05, 4.69) is 58.8 Å². The van der Waals surface area contributed by atoms with Crippen LogP contribution in [0.1, 0.15) is 45.0 Å². The number of imidazole rings is 1. The first-order chi connectivity index (χ1) is 10.1. The minimum atomic E-state index is 0.403. The first kappa shape index (κ1) is 16.5. The predicted octanol–water partition coefficient (Wildman–Crippen LogP) is 1.93. The highest BCUT2D eigenvalue weighted by Gasteiger charge is 2.24. The van der Waals surface area contributed by atoms with Crippen molar-refractivity contribution < 1.29 is 0 Å². The summed E-state index contributed by atoms with van der Waals surface area (Å²) in [6, 6.07) is 0.741. The van der Waals surface area contributed by atoms with Crippen molar-refractivity contribution >= 4 is 0 Å². The van der Waals surface area contributed by atoms with Crippen molar-refractivity contribution in [1.82, 2.24) is 24.7 Å². The first-order valence-electron chi connectivity index (χ1n) is 8.25. The number of likely N-dealkylation sites (tertiary alicyclic amines) is 1.